The average molecular weight is 437 g/mol. The molecule has 2 aromatic carbocycles. The van der Waals surface area contributed by atoms with Gasteiger partial charge in [-0.05, 0) is 49.2 Å². The fourth-order valence-corrected chi connectivity index (χ4v) is 4.32. The first-order valence-corrected chi connectivity index (χ1v) is 11.0. The number of para-hydroxylation sites is 2. The monoisotopic (exact) mass is 436 g/mol. The highest BCUT2D eigenvalue weighted by molar-refractivity contribution is 5.98. The number of anilines is 1. The Balaban J connectivity index is 1.26. The lowest BCUT2D eigenvalue weighted by atomic mass is 9.88. The summed E-state index contributed by atoms with van der Waals surface area (Å²) in [5.74, 6) is 1.34. The molecule has 0 unspecified atom stereocenters. The van der Waals surface area contributed by atoms with Gasteiger partial charge in [0.1, 0.15) is 18.1 Å². The highest BCUT2D eigenvalue weighted by Gasteiger charge is 2.29. The molecule has 0 N–H and O–H groups in total. The van der Waals surface area contributed by atoms with Crippen molar-refractivity contribution in [1.29, 1.82) is 0 Å². The van der Waals surface area contributed by atoms with Crippen LogP contribution in [0.25, 0.3) is 0 Å². The summed E-state index contributed by atoms with van der Waals surface area (Å²) in [6, 6.07) is 14.6. The van der Waals surface area contributed by atoms with Gasteiger partial charge in [-0.2, -0.15) is 0 Å². The summed E-state index contributed by atoms with van der Waals surface area (Å²) in [4.78, 5) is 41.7. The highest BCUT2D eigenvalue weighted by atomic mass is 16.5. The van der Waals surface area contributed by atoms with E-state index in [9.17, 15) is 14.4 Å². The quantitative estimate of drug-likeness (QED) is 0.650. The topological polar surface area (TPSA) is 76.2 Å². The number of amides is 2. The number of likely N-dealkylation sites (tertiary alicyclic amines) is 1. The number of piperidine rings is 1. The van der Waals surface area contributed by atoms with Crippen LogP contribution in [0.3, 0.4) is 0 Å². The Labute approximate surface area is 187 Å². The number of Topliss-reactive ketones (excluding diaryl/α,β-unsaturated/α-hetero) is 1. The molecule has 1 saturated heterocycles. The third kappa shape index (κ3) is 4.77. The molecule has 0 aliphatic carbocycles. The lowest BCUT2D eigenvalue weighted by Crippen LogP contribution is -2.41. The third-order valence-corrected chi connectivity index (χ3v) is 6.18. The predicted molar refractivity (Wildman–Crippen MR) is 120 cm³/mol. The Kier molecular flexibility index (Phi) is 6.73. The maximum absolute atomic E-state index is 12.8. The largest absolute Gasteiger partial charge is 0.497 e. The van der Waals surface area contributed by atoms with Crippen LogP contribution in [0.1, 0.15) is 36.0 Å². The minimum absolute atomic E-state index is 0.0322. The van der Waals surface area contributed by atoms with Crippen LogP contribution in [-0.2, 0) is 9.59 Å². The van der Waals surface area contributed by atoms with Crippen molar-refractivity contribution < 1.29 is 23.9 Å². The Morgan fingerprint density at radius 3 is 2.34 bits per heavy atom. The molecule has 2 amide bonds. The van der Waals surface area contributed by atoms with Gasteiger partial charge in [0.2, 0.25) is 11.8 Å². The second-order valence-electron chi connectivity index (χ2n) is 8.11. The first-order chi connectivity index (χ1) is 15.6. The molecule has 7 nitrogen and oxygen atoms in total. The normalized spacial score (nSPS) is 16.2. The number of hydrogen-bond acceptors (Lipinski definition) is 5. The molecule has 1 fully saturated rings. The number of hydrogen-bond donors (Lipinski definition) is 0. The first kappa shape index (κ1) is 21.9. The third-order valence-electron chi connectivity index (χ3n) is 6.18. The first-order valence-electron chi connectivity index (χ1n) is 11.0. The molecule has 2 aromatic rings. The second-order valence-corrected chi connectivity index (χ2v) is 8.11. The summed E-state index contributed by atoms with van der Waals surface area (Å²) >= 11 is 0. The van der Waals surface area contributed by atoms with Crippen LogP contribution < -0.4 is 14.4 Å². The number of fused-ring (bicyclic) bond motifs is 1. The smallest absolute Gasteiger partial charge is 0.227 e. The summed E-state index contributed by atoms with van der Waals surface area (Å²) < 4.78 is 10.7. The number of benzene rings is 2. The number of ether oxygens (including phenoxy) is 2. The number of carbonyl (C=O) groups excluding carboxylic acids is 3. The van der Waals surface area contributed by atoms with Crippen molar-refractivity contribution in [2.24, 2.45) is 5.92 Å². The molecule has 0 atom stereocenters. The van der Waals surface area contributed by atoms with Gasteiger partial charge in [-0.1, -0.05) is 12.1 Å². The molecule has 7 heteroatoms. The van der Waals surface area contributed by atoms with E-state index >= 15 is 0 Å². The van der Waals surface area contributed by atoms with Crippen LogP contribution in [0.15, 0.2) is 48.5 Å². The zero-order valence-corrected chi connectivity index (χ0v) is 18.3. The van der Waals surface area contributed by atoms with Crippen molar-refractivity contribution in [2.45, 2.75) is 25.7 Å². The fraction of sp³-hybridized carbons (Fsp3) is 0.400. The summed E-state index contributed by atoms with van der Waals surface area (Å²) in [6.07, 6.45) is 1.62. The number of rotatable bonds is 6. The molecule has 2 aliphatic heterocycles. The van der Waals surface area contributed by atoms with E-state index in [2.05, 4.69) is 0 Å². The van der Waals surface area contributed by atoms with E-state index in [4.69, 9.17) is 9.47 Å². The number of ketones is 1. The lowest BCUT2D eigenvalue weighted by Gasteiger charge is -2.32. The van der Waals surface area contributed by atoms with Gasteiger partial charge in [0.05, 0.1) is 19.3 Å². The van der Waals surface area contributed by atoms with E-state index in [1.165, 1.54) is 0 Å². The van der Waals surface area contributed by atoms with Gasteiger partial charge in [-0.15, -0.1) is 0 Å². The van der Waals surface area contributed by atoms with Gasteiger partial charge in [-0.25, -0.2) is 0 Å². The van der Waals surface area contributed by atoms with Crippen molar-refractivity contribution in [3.63, 3.8) is 0 Å². The predicted octanol–water partition coefficient (Wildman–Crippen LogP) is 3.32. The molecule has 4 rings (SSSR count). The Morgan fingerprint density at radius 1 is 0.938 bits per heavy atom. The molecular formula is C25H28N2O5. The van der Waals surface area contributed by atoms with E-state index in [0.717, 1.165) is 11.4 Å². The van der Waals surface area contributed by atoms with Gasteiger partial charge in [0, 0.05) is 37.4 Å². The minimum atomic E-state index is -0.0843. The van der Waals surface area contributed by atoms with Crippen LogP contribution in [0, 0.1) is 5.92 Å². The molecular weight excluding hydrogens is 408 g/mol. The van der Waals surface area contributed by atoms with Gasteiger partial charge in [0.25, 0.3) is 0 Å². The molecule has 2 heterocycles. The number of methoxy groups -OCH3 is 1. The second kappa shape index (κ2) is 9.85. The average Bonchev–Trinajstić information content (AvgIpc) is 2.86. The molecule has 0 aromatic heterocycles. The van der Waals surface area contributed by atoms with Gasteiger partial charge >= 0.3 is 0 Å². The molecule has 2 aliphatic rings. The van der Waals surface area contributed by atoms with E-state index < -0.39 is 0 Å². The van der Waals surface area contributed by atoms with E-state index in [1.54, 1.807) is 41.2 Å². The Morgan fingerprint density at radius 2 is 1.62 bits per heavy atom. The Hall–Kier alpha value is -3.35. The lowest BCUT2D eigenvalue weighted by molar-refractivity contribution is -0.134. The van der Waals surface area contributed by atoms with Crippen molar-refractivity contribution in [1.82, 2.24) is 4.90 Å². The van der Waals surface area contributed by atoms with E-state index in [0.29, 0.717) is 50.4 Å². The van der Waals surface area contributed by atoms with Gasteiger partial charge in [0.15, 0.2) is 5.78 Å². The van der Waals surface area contributed by atoms with Gasteiger partial charge < -0.3 is 19.3 Å². The maximum atomic E-state index is 12.8. The molecule has 32 heavy (non-hydrogen) atoms. The molecule has 0 spiro atoms. The molecule has 168 valence electrons. The van der Waals surface area contributed by atoms with E-state index in [-0.39, 0.29) is 36.4 Å². The van der Waals surface area contributed by atoms with Crippen molar-refractivity contribution in [2.75, 3.05) is 38.3 Å². The molecule has 0 bridgehead atoms. The van der Waals surface area contributed by atoms with Gasteiger partial charge in [-0.3, -0.25) is 14.4 Å². The van der Waals surface area contributed by atoms with E-state index in [1.807, 2.05) is 24.3 Å². The highest BCUT2D eigenvalue weighted by Crippen LogP contribution is 2.31. The summed E-state index contributed by atoms with van der Waals surface area (Å²) in [5, 5.41) is 0. The SMILES string of the molecule is COc1ccc(C(=O)C2CCN(C(=O)CCC(=O)N3CCOc4ccccc43)CC2)cc1. The van der Waals surface area contributed by atoms with Crippen molar-refractivity contribution in [3.05, 3.63) is 54.1 Å². The fourth-order valence-electron chi connectivity index (χ4n) is 4.32. The zero-order valence-electron chi connectivity index (χ0n) is 18.3. The van der Waals surface area contributed by atoms with Crippen LogP contribution in [0.2, 0.25) is 0 Å². The maximum Gasteiger partial charge on any atom is 0.227 e. The number of nitrogens with zero attached hydrogens (tertiary/aromatic N) is 2. The van der Waals surface area contributed by atoms with Crippen LogP contribution in [0.5, 0.6) is 11.5 Å². The summed E-state index contributed by atoms with van der Waals surface area (Å²) in [7, 11) is 1.59. The zero-order chi connectivity index (χ0) is 22.5. The van der Waals surface area contributed by atoms with Crippen LogP contribution in [-0.4, -0.2) is 55.8 Å². The molecule has 0 radical (unpaired) electrons. The van der Waals surface area contributed by atoms with Crippen molar-refractivity contribution in [3.8, 4) is 11.5 Å². The molecule has 0 saturated carbocycles. The summed E-state index contributed by atoms with van der Waals surface area (Å²) in [6.45, 7) is 2.02. The Bertz CT molecular complexity index is 980. The minimum Gasteiger partial charge on any atom is -0.497 e. The van der Waals surface area contributed by atoms with Crippen LogP contribution in [0.4, 0.5) is 5.69 Å². The van der Waals surface area contributed by atoms with Crippen LogP contribution >= 0.6 is 0 Å². The standard InChI is InChI=1S/C25H28N2O5/c1-31-20-8-6-18(7-9-20)25(30)19-12-14-26(15-13-19)23(28)10-11-24(29)27-16-17-32-22-5-3-2-4-21(22)27/h2-9,19H,10-17H2,1H3. The summed E-state index contributed by atoms with van der Waals surface area (Å²) in [5.41, 5.74) is 1.43. The number of carbonyl (C=O) groups is 3. The van der Waals surface area contributed by atoms with Crippen molar-refractivity contribution >= 4 is 23.3 Å².